The van der Waals surface area contributed by atoms with Crippen LogP contribution in [0.15, 0.2) is 29.4 Å². The molecule has 1 aromatic carbocycles. The molecule has 2 amide bonds. The number of benzene rings is 1. The first-order chi connectivity index (χ1) is 14.5. The van der Waals surface area contributed by atoms with Crippen LogP contribution >= 0.6 is 23.4 Å². The largest absolute Gasteiger partial charge is 0.369 e. The first-order valence-corrected chi connectivity index (χ1v) is 11.8. The molecule has 0 unspecified atom stereocenters. The molecular formula is C21H26ClN5O2S. The average molecular weight is 448 g/mol. The molecule has 1 saturated heterocycles. The van der Waals surface area contributed by atoms with Gasteiger partial charge < -0.3 is 10.6 Å². The highest BCUT2D eigenvalue weighted by atomic mass is 35.5. The summed E-state index contributed by atoms with van der Waals surface area (Å²) in [5.74, 6) is 0.737. The Bertz CT molecular complexity index is 920. The van der Waals surface area contributed by atoms with E-state index in [1.807, 2.05) is 29.2 Å². The van der Waals surface area contributed by atoms with E-state index in [1.54, 1.807) is 0 Å². The number of amides is 2. The van der Waals surface area contributed by atoms with Gasteiger partial charge in [-0.3, -0.25) is 14.2 Å². The van der Waals surface area contributed by atoms with Gasteiger partial charge in [-0.1, -0.05) is 48.3 Å². The number of carbonyl (C=O) groups is 2. The third kappa shape index (κ3) is 4.49. The summed E-state index contributed by atoms with van der Waals surface area (Å²) < 4.78 is 2.17. The van der Waals surface area contributed by atoms with Crippen LogP contribution in [0.4, 0.5) is 0 Å². The van der Waals surface area contributed by atoms with E-state index in [-0.39, 0.29) is 17.7 Å². The fourth-order valence-corrected chi connectivity index (χ4v) is 5.45. The van der Waals surface area contributed by atoms with Crippen molar-refractivity contribution in [3.8, 4) is 11.4 Å². The third-order valence-electron chi connectivity index (χ3n) is 6.04. The van der Waals surface area contributed by atoms with Crippen LogP contribution in [0.3, 0.4) is 0 Å². The highest BCUT2D eigenvalue weighted by Crippen LogP contribution is 2.38. The Morgan fingerprint density at radius 1 is 1.10 bits per heavy atom. The van der Waals surface area contributed by atoms with Gasteiger partial charge in [-0.25, -0.2) is 0 Å². The summed E-state index contributed by atoms with van der Waals surface area (Å²) in [7, 11) is 0. The molecule has 7 nitrogen and oxygen atoms in total. The summed E-state index contributed by atoms with van der Waals surface area (Å²) in [4.78, 5) is 25.9. The van der Waals surface area contributed by atoms with Gasteiger partial charge >= 0.3 is 0 Å². The lowest BCUT2D eigenvalue weighted by Gasteiger charge is -2.30. The molecule has 9 heteroatoms. The van der Waals surface area contributed by atoms with Gasteiger partial charge in [0.05, 0.1) is 10.8 Å². The molecule has 1 aliphatic heterocycles. The monoisotopic (exact) mass is 447 g/mol. The van der Waals surface area contributed by atoms with E-state index in [0.717, 1.165) is 29.4 Å². The van der Waals surface area contributed by atoms with Crippen molar-refractivity contribution >= 4 is 35.2 Å². The van der Waals surface area contributed by atoms with Crippen LogP contribution in [0.1, 0.15) is 44.6 Å². The Balaban J connectivity index is 1.48. The zero-order valence-corrected chi connectivity index (χ0v) is 18.4. The minimum absolute atomic E-state index is 0.0585. The van der Waals surface area contributed by atoms with Crippen LogP contribution in [0.2, 0.25) is 5.02 Å². The van der Waals surface area contributed by atoms with E-state index in [9.17, 15) is 9.59 Å². The molecule has 0 radical (unpaired) electrons. The van der Waals surface area contributed by atoms with Crippen molar-refractivity contribution in [3.63, 3.8) is 0 Å². The van der Waals surface area contributed by atoms with Crippen molar-refractivity contribution in [3.05, 3.63) is 29.3 Å². The van der Waals surface area contributed by atoms with Crippen molar-refractivity contribution in [1.82, 2.24) is 19.7 Å². The molecule has 2 aliphatic rings. The zero-order chi connectivity index (χ0) is 21.1. The molecule has 1 saturated carbocycles. The number of hydrogen-bond acceptors (Lipinski definition) is 5. The maximum atomic E-state index is 12.7. The second kappa shape index (κ2) is 9.39. The Morgan fingerprint density at radius 3 is 2.47 bits per heavy atom. The molecule has 2 fully saturated rings. The number of nitrogens with two attached hydrogens (primary N) is 1. The number of halogens is 1. The van der Waals surface area contributed by atoms with E-state index in [4.69, 9.17) is 17.3 Å². The minimum atomic E-state index is -0.270. The molecule has 0 spiro atoms. The molecule has 2 heterocycles. The normalized spacial score (nSPS) is 18.1. The molecule has 2 aromatic rings. The van der Waals surface area contributed by atoms with E-state index < -0.39 is 0 Å². The lowest BCUT2D eigenvalue weighted by Crippen LogP contribution is -2.42. The minimum Gasteiger partial charge on any atom is -0.369 e. The van der Waals surface area contributed by atoms with Gasteiger partial charge in [-0.05, 0) is 37.8 Å². The first-order valence-electron chi connectivity index (χ1n) is 10.4. The molecule has 30 heavy (non-hydrogen) atoms. The van der Waals surface area contributed by atoms with Gasteiger partial charge in [0.25, 0.3) is 0 Å². The molecule has 160 valence electrons. The second-order valence-electron chi connectivity index (χ2n) is 7.94. The number of likely N-dealkylation sites (tertiary alicyclic amines) is 1. The highest BCUT2D eigenvalue weighted by Gasteiger charge is 2.28. The summed E-state index contributed by atoms with van der Waals surface area (Å²) in [5.41, 5.74) is 6.25. The summed E-state index contributed by atoms with van der Waals surface area (Å²) in [5, 5.41) is 10.3. The number of rotatable bonds is 6. The molecule has 1 aromatic heterocycles. The lowest BCUT2D eigenvalue weighted by molar-refractivity contribution is -0.132. The molecular weight excluding hydrogens is 422 g/mol. The van der Waals surface area contributed by atoms with Gasteiger partial charge in [0.2, 0.25) is 11.8 Å². The van der Waals surface area contributed by atoms with Crippen LogP contribution in [-0.4, -0.2) is 50.3 Å². The fraction of sp³-hybridized carbons (Fsp3) is 0.524. The highest BCUT2D eigenvalue weighted by molar-refractivity contribution is 7.99. The Kier molecular flexibility index (Phi) is 6.63. The van der Waals surface area contributed by atoms with Crippen LogP contribution < -0.4 is 5.73 Å². The van der Waals surface area contributed by atoms with Crippen LogP contribution in [0.5, 0.6) is 0 Å². The molecule has 2 N–H and O–H groups in total. The van der Waals surface area contributed by atoms with Crippen molar-refractivity contribution in [2.45, 2.75) is 49.7 Å². The van der Waals surface area contributed by atoms with Crippen molar-refractivity contribution in [1.29, 1.82) is 0 Å². The van der Waals surface area contributed by atoms with Gasteiger partial charge in [0.1, 0.15) is 0 Å². The summed E-state index contributed by atoms with van der Waals surface area (Å²) >= 11 is 7.86. The summed E-state index contributed by atoms with van der Waals surface area (Å²) in [6.45, 7) is 1.15. The van der Waals surface area contributed by atoms with Gasteiger partial charge in [0, 0.05) is 30.6 Å². The predicted octanol–water partition coefficient (Wildman–Crippen LogP) is 3.53. The maximum Gasteiger partial charge on any atom is 0.233 e. The lowest BCUT2D eigenvalue weighted by atomic mass is 9.96. The number of carbonyl (C=O) groups excluding carboxylic acids is 2. The number of hydrogen-bond donors (Lipinski definition) is 1. The van der Waals surface area contributed by atoms with Gasteiger partial charge in [-0.2, -0.15) is 0 Å². The molecule has 0 atom stereocenters. The summed E-state index contributed by atoms with van der Waals surface area (Å²) in [6, 6.07) is 7.99. The molecule has 1 aliphatic carbocycles. The van der Waals surface area contributed by atoms with E-state index >= 15 is 0 Å². The zero-order valence-electron chi connectivity index (χ0n) is 16.8. The number of piperidine rings is 1. The fourth-order valence-electron chi connectivity index (χ4n) is 4.32. The van der Waals surface area contributed by atoms with E-state index in [2.05, 4.69) is 14.8 Å². The average Bonchev–Trinajstić information content (AvgIpc) is 3.42. The van der Waals surface area contributed by atoms with Crippen molar-refractivity contribution in [2.75, 3.05) is 18.8 Å². The number of aromatic nitrogens is 3. The standard InChI is InChI=1S/C21H26ClN5O2S/c22-17-8-4-3-7-16(17)20-24-25-21(27(20)15-5-1-2-6-15)30-13-18(28)26-11-9-14(10-12-26)19(23)29/h3-4,7-8,14-15H,1-2,5-6,9-13H2,(H2,23,29). The maximum absolute atomic E-state index is 12.7. The van der Waals surface area contributed by atoms with E-state index in [0.29, 0.717) is 42.7 Å². The third-order valence-corrected chi connectivity index (χ3v) is 7.30. The van der Waals surface area contributed by atoms with Gasteiger partial charge in [-0.15, -0.1) is 10.2 Å². The topological polar surface area (TPSA) is 94.1 Å². The number of thioether (sulfide) groups is 1. The van der Waals surface area contributed by atoms with E-state index in [1.165, 1.54) is 24.6 Å². The Morgan fingerprint density at radius 2 is 1.80 bits per heavy atom. The smallest absolute Gasteiger partial charge is 0.233 e. The number of nitrogens with zero attached hydrogens (tertiary/aromatic N) is 4. The molecule has 0 bridgehead atoms. The predicted molar refractivity (Wildman–Crippen MR) is 117 cm³/mol. The van der Waals surface area contributed by atoms with Crippen molar-refractivity contribution < 1.29 is 9.59 Å². The van der Waals surface area contributed by atoms with Crippen LogP contribution in [-0.2, 0) is 9.59 Å². The second-order valence-corrected chi connectivity index (χ2v) is 9.29. The van der Waals surface area contributed by atoms with Gasteiger partial charge in [0.15, 0.2) is 11.0 Å². The quantitative estimate of drug-likeness (QED) is 0.683. The summed E-state index contributed by atoms with van der Waals surface area (Å²) in [6.07, 6.45) is 5.81. The van der Waals surface area contributed by atoms with Crippen LogP contribution in [0, 0.1) is 5.92 Å². The Hall–Kier alpha value is -2.06. The Labute approximate surface area is 185 Å². The first kappa shape index (κ1) is 21.2. The molecule has 4 rings (SSSR count). The SMILES string of the molecule is NC(=O)C1CCN(C(=O)CSc2nnc(-c3ccccc3Cl)n2C2CCCC2)CC1. The van der Waals surface area contributed by atoms with Crippen LogP contribution in [0.25, 0.3) is 11.4 Å². The van der Waals surface area contributed by atoms with Crippen molar-refractivity contribution in [2.24, 2.45) is 11.7 Å². The number of primary amides is 1.